The second kappa shape index (κ2) is 5.92. The summed E-state index contributed by atoms with van der Waals surface area (Å²) in [5.41, 5.74) is 5.66. The molecule has 0 spiro atoms. The lowest BCUT2D eigenvalue weighted by Gasteiger charge is -2.27. The minimum absolute atomic E-state index is 0.175. The van der Waals surface area contributed by atoms with E-state index in [1.54, 1.807) is 6.20 Å². The molecule has 1 aliphatic carbocycles. The van der Waals surface area contributed by atoms with Crippen molar-refractivity contribution in [3.05, 3.63) is 11.9 Å². The Morgan fingerprint density at radius 1 is 1.56 bits per heavy atom. The van der Waals surface area contributed by atoms with Crippen LogP contribution in [0.3, 0.4) is 0 Å². The zero-order valence-electron chi connectivity index (χ0n) is 10.2. The van der Waals surface area contributed by atoms with E-state index in [0.717, 1.165) is 25.7 Å². The Kier molecular flexibility index (Phi) is 4.27. The molecule has 0 aliphatic heterocycles. The van der Waals surface area contributed by atoms with E-state index in [1.807, 2.05) is 0 Å². The highest BCUT2D eigenvalue weighted by molar-refractivity contribution is 5.92. The van der Waals surface area contributed by atoms with Crippen LogP contribution in [0.15, 0.2) is 6.20 Å². The van der Waals surface area contributed by atoms with Gasteiger partial charge in [-0.3, -0.25) is 9.48 Å². The minimum Gasteiger partial charge on any atom is -0.391 e. The summed E-state index contributed by atoms with van der Waals surface area (Å²) in [7, 11) is 0. The molecule has 0 saturated heterocycles. The van der Waals surface area contributed by atoms with E-state index in [0.29, 0.717) is 13.1 Å². The van der Waals surface area contributed by atoms with E-state index in [2.05, 4.69) is 15.6 Å². The fraction of sp³-hybridized carbons (Fsp3) is 0.727. The van der Waals surface area contributed by atoms with Crippen LogP contribution in [0.5, 0.6) is 0 Å². The molecule has 7 nitrogen and oxygen atoms in total. The van der Waals surface area contributed by atoms with Gasteiger partial charge in [-0.15, -0.1) is 5.10 Å². The molecule has 1 aromatic heterocycles. The van der Waals surface area contributed by atoms with Crippen LogP contribution in [0.4, 0.5) is 0 Å². The highest BCUT2D eigenvalue weighted by Crippen LogP contribution is 2.18. The molecule has 0 unspecified atom stereocenters. The van der Waals surface area contributed by atoms with Gasteiger partial charge in [-0.2, -0.15) is 0 Å². The molecular weight excluding hydrogens is 234 g/mol. The number of nitrogens with zero attached hydrogens (tertiary/aromatic N) is 3. The van der Waals surface area contributed by atoms with Crippen LogP contribution in [0.2, 0.25) is 0 Å². The van der Waals surface area contributed by atoms with Gasteiger partial charge in [-0.1, -0.05) is 18.1 Å². The maximum absolute atomic E-state index is 11.9. The van der Waals surface area contributed by atoms with Crippen molar-refractivity contribution in [1.82, 2.24) is 20.3 Å². The van der Waals surface area contributed by atoms with Crippen LogP contribution in [0, 0.1) is 0 Å². The van der Waals surface area contributed by atoms with E-state index >= 15 is 0 Å². The van der Waals surface area contributed by atoms with E-state index < -0.39 is 6.10 Å². The number of carbonyl (C=O) groups is 1. The van der Waals surface area contributed by atoms with Crippen LogP contribution in [0.25, 0.3) is 0 Å². The normalized spacial score (nSPS) is 23.9. The summed E-state index contributed by atoms with van der Waals surface area (Å²) in [5.74, 6) is -0.288. The summed E-state index contributed by atoms with van der Waals surface area (Å²) in [6.07, 6.45) is 4.70. The molecule has 2 rings (SSSR count). The first kappa shape index (κ1) is 13.0. The molecule has 1 aliphatic rings. The van der Waals surface area contributed by atoms with Crippen molar-refractivity contribution in [2.75, 3.05) is 6.54 Å². The van der Waals surface area contributed by atoms with Gasteiger partial charge in [0.05, 0.1) is 24.9 Å². The molecule has 0 radical (unpaired) electrons. The predicted octanol–water partition coefficient (Wildman–Crippen LogP) is -0.730. The van der Waals surface area contributed by atoms with Gasteiger partial charge in [-0.05, 0) is 12.8 Å². The summed E-state index contributed by atoms with van der Waals surface area (Å²) >= 11 is 0. The van der Waals surface area contributed by atoms with Crippen molar-refractivity contribution in [1.29, 1.82) is 0 Å². The molecule has 1 heterocycles. The number of aliphatic hydroxyl groups excluding tert-OH is 1. The highest BCUT2D eigenvalue weighted by atomic mass is 16.3. The molecule has 1 saturated carbocycles. The molecule has 4 N–H and O–H groups in total. The SMILES string of the molecule is NCCn1cc(C(=O)N[C@H]2CCCC[C@@H]2O)nn1. The predicted molar refractivity (Wildman–Crippen MR) is 64.8 cm³/mol. The third-order valence-corrected chi connectivity index (χ3v) is 3.18. The van der Waals surface area contributed by atoms with Crippen LogP contribution in [-0.4, -0.2) is 44.7 Å². The Bertz CT molecular complexity index is 406. The summed E-state index contributed by atoms with van der Waals surface area (Å²) in [6, 6.07) is -0.175. The first-order chi connectivity index (χ1) is 8.70. The molecule has 1 fully saturated rings. The van der Waals surface area contributed by atoms with Crippen LogP contribution in [-0.2, 0) is 6.54 Å². The molecule has 100 valence electrons. The van der Waals surface area contributed by atoms with Crippen molar-refractivity contribution >= 4 is 5.91 Å². The Labute approximate surface area is 105 Å². The highest BCUT2D eigenvalue weighted by Gasteiger charge is 2.25. The number of hydrogen-bond acceptors (Lipinski definition) is 5. The number of aliphatic hydroxyl groups is 1. The first-order valence-electron chi connectivity index (χ1n) is 6.30. The van der Waals surface area contributed by atoms with Gasteiger partial charge in [0.25, 0.3) is 5.91 Å². The second-order valence-electron chi connectivity index (χ2n) is 4.59. The number of carbonyl (C=O) groups excluding carboxylic acids is 1. The fourth-order valence-electron chi connectivity index (χ4n) is 2.17. The first-order valence-corrected chi connectivity index (χ1v) is 6.30. The van der Waals surface area contributed by atoms with Crippen molar-refractivity contribution < 1.29 is 9.90 Å². The van der Waals surface area contributed by atoms with Crippen molar-refractivity contribution in [2.24, 2.45) is 5.73 Å². The number of amides is 1. The molecule has 2 atom stereocenters. The standard InChI is InChI=1S/C11H19N5O2/c12-5-6-16-7-9(14-15-16)11(18)13-8-3-1-2-4-10(8)17/h7-8,10,17H,1-6,12H2,(H,13,18)/t8-,10-/m0/s1. The largest absolute Gasteiger partial charge is 0.391 e. The molecule has 18 heavy (non-hydrogen) atoms. The van der Waals surface area contributed by atoms with Gasteiger partial charge in [-0.25, -0.2) is 0 Å². The van der Waals surface area contributed by atoms with Crippen LogP contribution >= 0.6 is 0 Å². The maximum Gasteiger partial charge on any atom is 0.273 e. The quantitative estimate of drug-likeness (QED) is 0.656. The zero-order chi connectivity index (χ0) is 13.0. The monoisotopic (exact) mass is 253 g/mol. The van der Waals surface area contributed by atoms with Crippen molar-refractivity contribution in [3.63, 3.8) is 0 Å². The number of aromatic nitrogens is 3. The lowest BCUT2D eigenvalue weighted by atomic mass is 9.92. The molecule has 1 amide bonds. The van der Waals surface area contributed by atoms with Gasteiger partial charge in [0.1, 0.15) is 0 Å². The second-order valence-corrected chi connectivity index (χ2v) is 4.59. The fourth-order valence-corrected chi connectivity index (χ4v) is 2.17. The smallest absolute Gasteiger partial charge is 0.273 e. The minimum atomic E-state index is -0.457. The Morgan fingerprint density at radius 3 is 3.06 bits per heavy atom. The number of rotatable bonds is 4. The number of nitrogens with one attached hydrogen (secondary N) is 1. The van der Waals surface area contributed by atoms with Gasteiger partial charge >= 0.3 is 0 Å². The average Bonchev–Trinajstić information content (AvgIpc) is 2.81. The maximum atomic E-state index is 11.9. The number of nitrogens with two attached hydrogens (primary N) is 1. The molecule has 1 aromatic rings. The van der Waals surface area contributed by atoms with Crippen molar-refractivity contribution in [3.8, 4) is 0 Å². The Balaban J connectivity index is 1.93. The van der Waals surface area contributed by atoms with Crippen LogP contribution < -0.4 is 11.1 Å². The zero-order valence-corrected chi connectivity index (χ0v) is 10.2. The topological polar surface area (TPSA) is 106 Å². The third kappa shape index (κ3) is 3.05. The van der Waals surface area contributed by atoms with Gasteiger partial charge in [0, 0.05) is 6.54 Å². The lowest BCUT2D eigenvalue weighted by molar-refractivity contribution is 0.0713. The molecule has 0 aromatic carbocycles. The summed E-state index contributed by atoms with van der Waals surface area (Å²) in [4.78, 5) is 11.9. The van der Waals surface area contributed by atoms with E-state index in [4.69, 9.17) is 5.73 Å². The van der Waals surface area contributed by atoms with E-state index in [9.17, 15) is 9.90 Å². The van der Waals surface area contributed by atoms with Crippen molar-refractivity contribution in [2.45, 2.75) is 44.4 Å². The average molecular weight is 253 g/mol. The van der Waals surface area contributed by atoms with Gasteiger partial charge in [0.2, 0.25) is 0 Å². The number of hydrogen-bond donors (Lipinski definition) is 3. The van der Waals surface area contributed by atoms with Gasteiger partial charge in [0.15, 0.2) is 5.69 Å². The third-order valence-electron chi connectivity index (χ3n) is 3.18. The summed E-state index contributed by atoms with van der Waals surface area (Å²) < 4.78 is 1.53. The summed E-state index contributed by atoms with van der Waals surface area (Å²) in [6.45, 7) is 0.984. The van der Waals surface area contributed by atoms with E-state index in [-0.39, 0.29) is 17.6 Å². The van der Waals surface area contributed by atoms with Gasteiger partial charge < -0.3 is 16.2 Å². The Morgan fingerprint density at radius 2 is 2.33 bits per heavy atom. The molecule has 7 heteroatoms. The Hall–Kier alpha value is -1.47. The molecular formula is C11H19N5O2. The summed E-state index contributed by atoms with van der Waals surface area (Å²) in [5, 5.41) is 20.2. The molecule has 0 bridgehead atoms. The lowest BCUT2D eigenvalue weighted by Crippen LogP contribution is -2.45. The van der Waals surface area contributed by atoms with Crippen LogP contribution in [0.1, 0.15) is 36.2 Å². The van der Waals surface area contributed by atoms with E-state index in [1.165, 1.54) is 4.68 Å².